The van der Waals surface area contributed by atoms with Crippen molar-refractivity contribution in [3.8, 4) is 11.3 Å². The Morgan fingerprint density at radius 1 is 1.44 bits per heavy atom. The molecule has 0 bridgehead atoms. The first-order valence-corrected chi connectivity index (χ1v) is 5.31. The van der Waals surface area contributed by atoms with Crippen molar-refractivity contribution in [3.05, 3.63) is 36.0 Å². The van der Waals surface area contributed by atoms with Crippen molar-refractivity contribution in [2.45, 2.75) is 13.5 Å². The van der Waals surface area contributed by atoms with Crippen LogP contribution in [-0.2, 0) is 13.6 Å². The Hall–Kier alpha value is -1.68. The molecular weight excluding hydrogens is 200 g/mol. The molecule has 16 heavy (non-hydrogen) atoms. The SMILES string of the molecule is CNCc1nc(-c2cccnc2)c(C)n1C. The molecule has 0 aliphatic carbocycles. The molecule has 0 spiro atoms. The predicted molar refractivity (Wildman–Crippen MR) is 63.9 cm³/mol. The van der Waals surface area contributed by atoms with Crippen LogP contribution in [0, 0.1) is 6.92 Å². The van der Waals surface area contributed by atoms with E-state index >= 15 is 0 Å². The third-order valence-corrected chi connectivity index (χ3v) is 2.74. The van der Waals surface area contributed by atoms with Gasteiger partial charge in [-0.05, 0) is 26.1 Å². The van der Waals surface area contributed by atoms with Crippen LogP contribution in [0.2, 0.25) is 0 Å². The van der Waals surface area contributed by atoms with E-state index in [1.165, 1.54) is 5.69 Å². The predicted octanol–water partition coefficient (Wildman–Crippen LogP) is 1.51. The Morgan fingerprint density at radius 2 is 2.25 bits per heavy atom. The summed E-state index contributed by atoms with van der Waals surface area (Å²) in [7, 11) is 3.96. The highest BCUT2D eigenvalue weighted by Crippen LogP contribution is 2.21. The van der Waals surface area contributed by atoms with Crippen LogP contribution in [-0.4, -0.2) is 21.6 Å². The quantitative estimate of drug-likeness (QED) is 0.845. The molecule has 2 aromatic rings. The van der Waals surface area contributed by atoms with Crippen molar-refractivity contribution in [1.82, 2.24) is 19.9 Å². The molecule has 0 unspecified atom stereocenters. The first kappa shape index (κ1) is 10.8. The van der Waals surface area contributed by atoms with Gasteiger partial charge in [0.25, 0.3) is 0 Å². The fourth-order valence-electron chi connectivity index (χ4n) is 1.73. The third kappa shape index (κ3) is 1.84. The molecule has 0 amide bonds. The summed E-state index contributed by atoms with van der Waals surface area (Å²) in [4.78, 5) is 8.75. The second-order valence-corrected chi connectivity index (χ2v) is 3.79. The maximum absolute atomic E-state index is 4.63. The number of nitrogens with one attached hydrogen (secondary N) is 1. The van der Waals surface area contributed by atoms with Gasteiger partial charge in [-0.1, -0.05) is 0 Å². The lowest BCUT2D eigenvalue weighted by Gasteiger charge is -2.01. The molecule has 0 aliphatic rings. The van der Waals surface area contributed by atoms with Crippen molar-refractivity contribution in [3.63, 3.8) is 0 Å². The van der Waals surface area contributed by atoms with Crippen molar-refractivity contribution in [2.75, 3.05) is 7.05 Å². The van der Waals surface area contributed by atoms with Gasteiger partial charge in [-0.25, -0.2) is 4.98 Å². The van der Waals surface area contributed by atoms with Crippen LogP contribution in [0.1, 0.15) is 11.5 Å². The Kier molecular flexibility index (Phi) is 3.01. The van der Waals surface area contributed by atoms with E-state index in [2.05, 4.69) is 26.8 Å². The maximum Gasteiger partial charge on any atom is 0.123 e. The lowest BCUT2D eigenvalue weighted by molar-refractivity contribution is 0.701. The zero-order valence-electron chi connectivity index (χ0n) is 9.86. The Morgan fingerprint density at radius 3 is 2.88 bits per heavy atom. The van der Waals surface area contributed by atoms with Crippen LogP contribution >= 0.6 is 0 Å². The fourth-order valence-corrected chi connectivity index (χ4v) is 1.73. The minimum absolute atomic E-state index is 0.775. The normalized spacial score (nSPS) is 10.7. The summed E-state index contributed by atoms with van der Waals surface area (Å²) in [5, 5.41) is 3.12. The van der Waals surface area contributed by atoms with Crippen LogP contribution < -0.4 is 5.32 Å². The fraction of sp³-hybridized carbons (Fsp3) is 0.333. The standard InChI is InChI=1S/C12H16N4/c1-9-12(10-5-4-6-14-7-10)15-11(8-13-2)16(9)3/h4-7,13H,8H2,1-3H3. The summed E-state index contributed by atoms with van der Waals surface area (Å²) in [5.74, 6) is 1.04. The molecule has 0 atom stereocenters. The number of imidazole rings is 1. The molecule has 2 aromatic heterocycles. The van der Waals surface area contributed by atoms with Crippen LogP contribution in [0.25, 0.3) is 11.3 Å². The largest absolute Gasteiger partial charge is 0.334 e. The topological polar surface area (TPSA) is 42.7 Å². The second-order valence-electron chi connectivity index (χ2n) is 3.79. The number of hydrogen-bond donors (Lipinski definition) is 1. The summed E-state index contributed by atoms with van der Waals surface area (Å²) in [6.07, 6.45) is 3.62. The minimum atomic E-state index is 0.775. The minimum Gasteiger partial charge on any atom is -0.334 e. The average molecular weight is 216 g/mol. The van der Waals surface area contributed by atoms with Crippen LogP contribution in [0.15, 0.2) is 24.5 Å². The Bertz CT molecular complexity index is 473. The molecule has 1 N–H and O–H groups in total. The van der Waals surface area contributed by atoms with Gasteiger partial charge in [-0.3, -0.25) is 4.98 Å². The highest BCUT2D eigenvalue weighted by Gasteiger charge is 2.11. The van der Waals surface area contributed by atoms with Crippen LogP contribution in [0.5, 0.6) is 0 Å². The molecule has 0 saturated heterocycles. The summed E-state index contributed by atoms with van der Waals surface area (Å²) >= 11 is 0. The van der Waals surface area contributed by atoms with Gasteiger partial charge in [0.2, 0.25) is 0 Å². The molecule has 0 fully saturated rings. The lowest BCUT2D eigenvalue weighted by Crippen LogP contribution is -2.10. The third-order valence-electron chi connectivity index (χ3n) is 2.74. The van der Waals surface area contributed by atoms with E-state index in [0.29, 0.717) is 0 Å². The first-order valence-electron chi connectivity index (χ1n) is 5.31. The van der Waals surface area contributed by atoms with E-state index in [4.69, 9.17) is 0 Å². The molecule has 4 heteroatoms. The van der Waals surface area contributed by atoms with E-state index in [1.807, 2.05) is 32.4 Å². The van der Waals surface area contributed by atoms with Crippen molar-refractivity contribution >= 4 is 0 Å². The van der Waals surface area contributed by atoms with Crippen molar-refractivity contribution < 1.29 is 0 Å². The van der Waals surface area contributed by atoms with Gasteiger partial charge >= 0.3 is 0 Å². The van der Waals surface area contributed by atoms with Gasteiger partial charge < -0.3 is 9.88 Å². The monoisotopic (exact) mass is 216 g/mol. The Labute approximate surface area is 95.4 Å². The maximum atomic E-state index is 4.63. The molecule has 0 radical (unpaired) electrons. The zero-order valence-corrected chi connectivity index (χ0v) is 9.86. The van der Waals surface area contributed by atoms with E-state index in [0.717, 1.165) is 23.6 Å². The summed E-state index contributed by atoms with van der Waals surface area (Å²) in [6, 6.07) is 3.96. The Balaban J connectivity index is 2.46. The summed E-state index contributed by atoms with van der Waals surface area (Å²) in [5.41, 5.74) is 3.25. The molecule has 0 aromatic carbocycles. The smallest absolute Gasteiger partial charge is 0.123 e. The molecule has 0 aliphatic heterocycles. The van der Waals surface area contributed by atoms with E-state index < -0.39 is 0 Å². The van der Waals surface area contributed by atoms with Gasteiger partial charge in [-0.2, -0.15) is 0 Å². The number of hydrogen-bond acceptors (Lipinski definition) is 3. The number of pyridine rings is 1. The van der Waals surface area contributed by atoms with E-state index in [1.54, 1.807) is 6.20 Å². The molecule has 0 saturated carbocycles. The number of nitrogens with zero attached hydrogens (tertiary/aromatic N) is 3. The number of rotatable bonds is 3. The van der Waals surface area contributed by atoms with Gasteiger partial charge in [0.05, 0.1) is 12.2 Å². The molecule has 2 rings (SSSR count). The molecule has 84 valence electrons. The van der Waals surface area contributed by atoms with Gasteiger partial charge in [0, 0.05) is 30.7 Å². The number of aromatic nitrogens is 3. The second kappa shape index (κ2) is 4.45. The molecular formula is C12H16N4. The lowest BCUT2D eigenvalue weighted by atomic mass is 10.2. The summed E-state index contributed by atoms with van der Waals surface area (Å²) < 4.78 is 2.11. The average Bonchev–Trinajstić information content (AvgIpc) is 2.59. The van der Waals surface area contributed by atoms with Crippen molar-refractivity contribution in [1.29, 1.82) is 0 Å². The van der Waals surface area contributed by atoms with Gasteiger partial charge in [0.15, 0.2) is 0 Å². The van der Waals surface area contributed by atoms with Gasteiger partial charge in [-0.15, -0.1) is 0 Å². The van der Waals surface area contributed by atoms with Crippen LogP contribution in [0.3, 0.4) is 0 Å². The summed E-state index contributed by atoms with van der Waals surface area (Å²) in [6.45, 7) is 2.85. The highest BCUT2D eigenvalue weighted by atomic mass is 15.1. The zero-order chi connectivity index (χ0) is 11.5. The first-order chi connectivity index (χ1) is 7.74. The molecule has 4 nitrogen and oxygen atoms in total. The highest BCUT2D eigenvalue weighted by molar-refractivity contribution is 5.60. The molecule has 2 heterocycles. The van der Waals surface area contributed by atoms with Crippen LogP contribution in [0.4, 0.5) is 0 Å². The van der Waals surface area contributed by atoms with Gasteiger partial charge in [0.1, 0.15) is 5.82 Å². The van der Waals surface area contributed by atoms with E-state index in [-0.39, 0.29) is 0 Å². The van der Waals surface area contributed by atoms with Crippen molar-refractivity contribution in [2.24, 2.45) is 7.05 Å². The van der Waals surface area contributed by atoms with E-state index in [9.17, 15) is 0 Å².